The number of benzene rings is 1. The highest BCUT2D eigenvalue weighted by atomic mass is 19.1. The van der Waals surface area contributed by atoms with Gasteiger partial charge in [-0.25, -0.2) is 9.37 Å². The third-order valence-corrected chi connectivity index (χ3v) is 4.69. The van der Waals surface area contributed by atoms with Crippen molar-refractivity contribution < 1.29 is 4.39 Å². The molecule has 1 aromatic heterocycles. The number of para-hydroxylation sites is 1. The number of rotatable bonds is 1. The molecule has 2 N–H and O–H groups in total. The number of hydrogen-bond acceptors (Lipinski definition) is 2. The molecule has 4 heteroatoms. The van der Waals surface area contributed by atoms with E-state index in [0.717, 1.165) is 11.9 Å². The monoisotopic (exact) mass is 261 g/mol. The quantitative estimate of drug-likeness (QED) is 0.849. The Morgan fingerprint density at radius 2 is 2.11 bits per heavy atom. The van der Waals surface area contributed by atoms with Crippen molar-refractivity contribution >= 4 is 17.0 Å². The molecule has 2 aromatic rings. The smallest absolute Gasteiger partial charge is 0.201 e. The molecule has 1 saturated carbocycles. The number of halogens is 1. The lowest BCUT2D eigenvalue weighted by Crippen LogP contribution is -2.27. The second kappa shape index (κ2) is 4.51. The minimum absolute atomic E-state index is 0.292. The molecule has 1 aliphatic rings. The first-order valence-corrected chi connectivity index (χ1v) is 7.01. The second-order valence-corrected chi connectivity index (χ2v) is 5.78. The van der Waals surface area contributed by atoms with E-state index >= 15 is 0 Å². The van der Waals surface area contributed by atoms with Gasteiger partial charge < -0.3 is 10.3 Å². The molecule has 3 unspecified atom stereocenters. The van der Waals surface area contributed by atoms with Crippen molar-refractivity contribution in [1.82, 2.24) is 9.55 Å². The number of nitrogens with zero attached hydrogens (tertiary/aromatic N) is 2. The van der Waals surface area contributed by atoms with Crippen LogP contribution in [0, 0.1) is 17.7 Å². The summed E-state index contributed by atoms with van der Waals surface area (Å²) in [5, 5.41) is 0. The lowest BCUT2D eigenvalue weighted by Gasteiger charge is -2.35. The molecule has 3 rings (SSSR count). The Hall–Kier alpha value is -1.58. The van der Waals surface area contributed by atoms with Crippen LogP contribution in [0.5, 0.6) is 0 Å². The number of nitrogens with two attached hydrogens (primary N) is 1. The Kier molecular flexibility index (Phi) is 2.96. The molecule has 0 spiro atoms. The van der Waals surface area contributed by atoms with Crippen molar-refractivity contribution in [3.05, 3.63) is 24.0 Å². The van der Waals surface area contributed by atoms with Crippen LogP contribution in [0.2, 0.25) is 0 Å². The molecule has 0 radical (unpaired) electrons. The van der Waals surface area contributed by atoms with E-state index in [-0.39, 0.29) is 5.82 Å². The van der Waals surface area contributed by atoms with Crippen molar-refractivity contribution in [2.45, 2.75) is 39.2 Å². The van der Waals surface area contributed by atoms with Gasteiger partial charge in [0.05, 0.1) is 5.52 Å². The average molecular weight is 261 g/mol. The molecule has 0 amide bonds. The minimum Gasteiger partial charge on any atom is -0.369 e. The van der Waals surface area contributed by atoms with E-state index in [1.165, 1.54) is 18.9 Å². The van der Waals surface area contributed by atoms with Crippen molar-refractivity contribution in [2.24, 2.45) is 11.8 Å². The first-order valence-electron chi connectivity index (χ1n) is 7.01. The highest BCUT2D eigenvalue weighted by molar-refractivity contribution is 5.79. The molecular formula is C15H20FN3. The molecule has 1 heterocycles. The molecule has 1 aliphatic carbocycles. The van der Waals surface area contributed by atoms with Crippen LogP contribution >= 0.6 is 0 Å². The van der Waals surface area contributed by atoms with Crippen LogP contribution in [0.4, 0.5) is 10.3 Å². The van der Waals surface area contributed by atoms with Crippen LogP contribution in [-0.2, 0) is 0 Å². The second-order valence-electron chi connectivity index (χ2n) is 5.78. The summed E-state index contributed by atoms with van der Waals surface area (Å²) in [4.78, 5) is 4.21. The largest absolute Gasteiger partial charge is 0.369 e. The van der Waals surface area contributed by atoms with Gasteiger partial charge in [0.1, 0.15) is 5.52 Å². The summed E-state index contributed by atoms with van der Waals surface area (Å²) in [6.07, 6.45) is 3.56. The van der Waals surface area contributed by atoms with Gasteiger partial charge in [0.25, 0.3) is 0 Å². The Labute approximate surface area is 112 Å². The highest BCUT2D eigenvalue weighted by Gasteiger charge is 2.30. The van der Waals surface area contributed by atoms with Crippen molar-refractivity contribution in [3.63, 3.8) is 0 Å². The first-order chi connectivity index (χ1) is 9.09. The van der Waals surface area contributed by atoms with Crippen LogP contribution < -0.4 is 5.73 Å². The van der Waals surface area contributed by atoms with E-state index in [1.807, 2.05) is 10.6 Å². The van der Waals surface area contributed by atoms with Gasteiger partial charge in [-0.2, -0.15) is 0 Å². The lowest BCUT2D eigenvalue weighted by molar-refractivity contribution is 0.191. The van der Waals surface area contributed by atoms with Gasteiger partial charge in [-0.05, 0) is 30.4 Å². The zero-order valence-corrected chi connectivity index (χ0v) is 11.4. The standard InChI is InChI=1S/C15H20FN3/c1-9-5-3-7-12(10(9)2)19-13-8-4-6-11(16)14(13)18-15(19)17/h4,6,8-10,12H,3,5,7H2,1-2H3,(H2,17,18). The fraction of sp³-hybridized carbons (Fsp3) is 0.533. The summed E-state index contributed by atoms with van der Waals surface area (Å²) in [5.41, 5.74) is 7.26. The maximum absolute atomic E-state index is 13.8. The number of nitrogen functional groups attached to an aromatic ring is 1. The van der Waals surface area contributed by atoms with Crippen molar-refractivity contribution in [3.8, 4) is 0 Å². The number of aromatic nitrogens is 2. The Morgan fingerprint density at radius 1 is 1.32 bits per heavy atom. The van der Waals surface area contributed by atoms with E-state index in [9.17, 15) is 4.39 Å². The predicted molar refractivity (Wildman–Crippen MR) is 75.3 cm³/mol. The Balaban J connectivity index is 2.14. The molecule has 0 saturated heterocycles. The Bertz CT molecular complexity index is 605. The average Bonchev–Trinajstić information content (AvgIpc) is 2.71. The van der Waals surface area contributed by atoms with E-state index < -0.39 is 0 Å². The normalized spacial score (nSPS) is 27.8. The number of fused-ring (bicyclic) bond motifs is 1. The predicted octanol–water partition coefficient (Wildman–Crippen LogP) is 3.75. The van der Waals surface area contributed by atoms with Crippen LogP contribution in [0.15, 0.2) is 18.2 Å². The summed E-state index contributed by atoms with van der Waals surface area (Å²) in [6.45, 7) is 4.55. The van der Waals surface area contributed by atoms with Crippen molar-refractivity contribution in [2.75, 3.05) is 5.73 Å². The molecular weight excluding hydrogens is 241 g/mol. The zero-order chi connectivity index (χ0) is 13.6. The fourth-order valence-corrected chi connectivity index (χ4v) is 3.37. The molecule has 0 aliphatic heterocycles. The third kappa shape index (κ3) is 1.90. The van der Waals surface area contributed by atoms with Gasteiger partial charge in [0.15, 0.2) is 5.82 Å². The summed E-state index contributed by atoms with van der Waals surface area (Å²) < 4.78 is 15.8. The van der Waals surface area contributed by atoms with Gasteiger partial charge in [-0.1, -0.05) is 32.8 Å². The van der Waals surface area contributed by atoms with Gasteiger partial charge in [0, 0.05) is 6.04 Å². The van der Waals surface area contributed by atoms with Crippen LogP contribution in [0.3, 0.4) is 0 Å². The third-order valence-electron chi connectivity index (χ3n) is 4.69. The molecule has 19 heavy (non-hydrogen) atoms. The van der Waals surface area contributed by atoms with Gasteiger partial charge in [-0.15, -0.1) is 0 Å². The molecule has 3 nitrogen and oxygen atoms in total. The van der Waals surface area contributed by atoms with Crippen LogP contribution in [-0.4, -0.2) is 9.55 Å². The van der Waals surface area contributed by atoms with E-state index in [2.05, 4.69) is 18.8 Å². The molecule has 1 aromatic carbocycles. The minimum atomic E-state index is -0.292. The maximum atomic E-state index is 13.8. The van der Waals surface area contributed by atoms with Gasteiger partial charge in [0.2, 0.25) is 5.95 Å². The summed E-state index contributed by atoms with van der Waals surface area (Å²) in [5.74, 6) is 1.35. The molecule has 102 valence electrons. The maximum Gasteiger partial charge on any atom is 0.201 e. The van der Waals surface area contributed by atoms with Gasteiger partial charge in [-0.3, -0.25) is 0 Å². The van der Waals surface area contributed by atoms with E-state index in [0.29, 0.717) is 29.3 Å². The van der Waals surface area contributed by atoms with E-state index in [4.69, 9.17) is 5.73 Å². The Morgan fingerprint density at radius 3 is 2.89 bits per heavy atom. The summed E-state index contributed by atoms with van der Waals surface area (Å²) in [7, 11) is 0. The number of hydrogen-bond donors (Lipinski definition) is 1. The zero-order valence-electron chi connectivity index (χ0n) is 11.4. The first kappa shape index (κ1) is 12.5. The topological polar surface area (TPSA) is 43.8 Å². The van der Waals surface area contributed by atoms with Crippen molar-refractivity contribution in [1.29, 1.82) is 0 Å². The SMILES string of the molecule is CC1CCCC(n2c(N)nc3c(F)cccc32)C1C. The highest BCUT2D eigenvalue weighted by Crippen LogP contribution is 2.40. The fourth-order valence-electron chi connectivity index (χ4n) is 3.37. The summed E-state index contributed by atoms with van der Waals surface area (Å²) in [6, 6.07) is 5.40. The van der Waals surface area contributed by atoms with Gasteiger partial charge >= 0.3 is 0 Å². The number of anilines is 1. The number of imidazole rings is 1. The van der Waals surface area contributed by atoms with Crippen LogP contribution in [0.25, 0.3) is 11.0 Å². The molecule has 1 fully saturated rings. The van der Waals surface area contributed by atoms with Crippen LogP contribution in [0.1, 0.15) is 39.2 Å². The molecule has 3 atom stereocenters. The lowest BCUT2D eigenvalue weighted by atomic mass is 9.78. The summed E-state index contributed by atoms with van der Waals surface area (Å²) >= 11 is 0. The molecule has 0 bridgehead atoms. The van der Waals surface area contributed by atoms with E-state index in [1.54, 1.807) is 6.07 Å².